The Morgan fingerprint density at radius 2 is 2.07 bits per heavy atom. The summed E-state index contributed by atoms with van der Waals surface area (Å²) in [4.78, 5) is 19.0. The van der Waals surface area contributed by atoms with Gasteiger partial charge in [-0.15, -0.1) is 0 Å². The highest BCUT2D eigenvalue weighted by atomic mass is 16.5. The number of nitrogens with one attached hydrogen (secondary N) is 2. The van der Waals surface area contributed by atoms with Crippen LogP contribution >= 0.6 is 0 Å². The van der Waals surface area contributed by atoms with E-state index in [0.717, 1.165) is 49.6 Å². The molecule has 0 radical (unpaired) electrons. The number of benzene rings is 1. The van der Waals surface area contributed by atoms with E-state index in [-0.39, 0.29) is 12.0 Å². The van der Waals surface area contributed by atoms with Gasteiger partial charge in [-0.3, -0.25) is 4.79 Å². The highest BCUT2D eigenvalue weighted by Crippen LogP contribution is 2.25. The Bertz CT molecular complexity index is 782. The Kier molecular flexibility index (Phi) is 6.87. The number of pyridine rings is 1. The number of ether oxygens (including phenoxy) is 1. The molecule has 1 aliphatic heterocycles. The third-order valence-electron chi connectivity index (χ3n) is 5.14. The van der Waals surface area contributed by atoms with Crippen LogP contribution in [0.25, 0.3) is 0 Å². The lowest BCUT2D eigenvalue weighted by molar-refractivity contribution is 0.0857. The summed E-state index contributed by atoms with van der Waals surface area (Å²) in [7, 11) is 0. The summed E-state index contributed by atoms with van der Waals surface area (Å²) in [5.74, 6) is 0.601. The first-order chi connectivity index (χ1) is 13.6. The van der Waals surface area contributed by atoms with Crippen LogP contribution in [0.3, 0.4) is 0 Å². The minimum absolute atomic E-state index is 0.116. The van der Waals surface area contributed by atoms with Crippen LogP contribution in [0.15, 0.2) is 36.5 Å². The molecular weight excluding hydrogens is 352 g/mol. The van der Waals surface area contributed by atoms with Crippen LogP contribution in [-0.2, 0) is 4.74 Å². The van der Waals surface area contributed by atoms with E-state index >= 15 is 0 Å². The standard InChI is InChI=1S/C22H30N4O2/c1-4-26(5-2)18-9-10-20(16(3)13-18)25-21-11-8-17(14-23-21)22(27)24-15-19-7-6-12-28-19/h8-11,13-14,19H,4-7,12,15H2,1-3H3,(H,23,25)(H,24,27). The van der Waals surface area contributed by atoms with Gasteiger partial charge in [0, 0.05) is 43.8 Å². The van der Waals surface area contributed by atoms with E-state index in [0.29, 0.717) is 12.1 Å². The first kappa shape index (κ1) is 20.1. The Hall–Kier alpha value is -2.60. The lowest BCUT2D eigenvalue weighted by Crippen LogP contribution is -2.31. The lowest BCUT2D eigenvalue weighted by Gasteiger charge is -2.22. The van der Waals surface area contributed by atoms with Crippen molar-refractivity contribution in [2.75, 3.05) is 36.5 Å². The lowest BCUT2D eigenvalue weighted by atomic mass is 10.1. The number of carbonyl (C=O) groups is 1. The van der Waals surface area contributed by atoms with Crippen molar-refractivity contribution in [1.82, 2.24) is 10.3 Å². The normalized spacial score (nSPS) is 16.0. The molecule has 0 saturated carbocycles. The molecule has 28 heavy (non-hydrogen) atoms. The molecule has 1 fully saturated rings. The number of carbonyl (C=O) groups excluding carboxylic acids is 1. The smallest absolute Gasteiger partial charge is 0.252 e. The van der Waals surface area contributed by atoms with Gasteiger partial charge in [-0.1, -0.05) is 0 Å². The zero-order valence-electron chi connectivity index (χ0n) is 17.0. The van der Waals surface area contributed by atoms with Crippen LogP contribution < -0.4 is 15.5 Å². The molecule has 6 nitrogen and oxygen atoms in total. The van der Waals surface area contributed by atoms with E-state index in [1.54, 1.807) is 12.3 Å². The SMILES string of the molecule is CCN(CC)c1ccc(Nc2ccc(C(=O)NCC3CCCO3)cn2)c(C)c1. The number of hydrogen-bond acceptors (Lipinski definition) is 5. The molecule has 3 rings (SSSR count). The second-order valence-electron chi connectivity index (χ2n) is 7.07. The third-order valence-corrected chi connectivity index (χ3v) is 5.14. The maximum atomic E-state index is 12.3. The van der Waals surface area contributed by atoms with Gasteiger partial charge in [-0.25, -0.2) is 4.98 Å². The van der Waals surface area contributed by atoms with Gasteiger partial charge in [0.1, 0.15) is 5.82 Å². The molecule has 2 heterocycles. The molecule has 1 amide bonds. The topological polar surface area (TPSA) is 66.5 Å². The molecule has 1 saturated heterocycles. The van der Waals surface area contributed by atoms with Crippen molar-refractivity contribution in [1.29, 1.82) is 0 Å². The van der Waals surface area contributed by atoms with E-state index in [2.05, 4.69) is 59.5 Å². The van der Waals surface area contributed by atoms with E-state index in [1.165, 1.54) is 5.69 Å². The Morgan fingerprint density at radius 3 is 2.68 bits per heavy atom. The predicted octanol–water partition coefficient (Wildman–Crippen LogP) is 3.89. The number of rotatable bonds is 8. The van der Waals surface area contributed by atoms with Crippen molar-refractivity contribution in [3.63, 3.8) is 0 Å². The van der Waals surface area contributed by atoms with Crippen molar-refractivity contribution in [3.05, 3.63) is 47.7 Å². The minimum atomic E-state index is -0.116. The van der Waals surface area contributed by atoms with Gasteiger partial charge in [-0.2, -0.15) is 0 Å². The van der Waals surface area contributed by atoms with Crippen molar-refractivity contribution in [2.45, 2.75) is 39.7 Å². The van der Waals surface area contributed by atoms with Gasteiger partial charge in [0.15, 0.2) is 0 Å². The average molecular weight is 383 g/mol. The number of amides is 1. The summed E-state index contributed by atoms with van der Waals surface area (Å²) in [5.41, 5.74) is 3.94. The molecule has 1 aromatic carbocycles. The monoisotopic (exact) mass is 382 g/mol. The fourth-order valence-corrected chi connectivity index (χ4v) is 3.43. The third kappa shape index (κ3) is 5.01. The van der Waals surface area contributed by atoms with Gasteiger partial charge in [0.2, 0.25) is 0 Å². The summed E-state index contributed by atoms with van der Waals surface area (Å²) in [6.45, 7) is 9.72. The van der Waals surface area contributed by atoms with Crippen molar-refractivity contribution >= 4 is 23.1 Å². The van der Waals surface area contributed by atoms with Gasteiger partial charge in [-0.05, 0) is 69.5 Å². The van der Waals surface area contributed by atoms with Gasteiger partial charge in [0.25, 0.3) is 5.91 Å². The molecule has 1 unspecified atom stereocenters. The summed E-state index contributed by atoms with van der Waals surface area (Å²) < 4.78 is 5.53. The molecule has 6 heteroatoms. The van der Waals surface area contributed by atoms with Crippen LogP contribution in [-0.4, -0.2) is 43.2 Å². The maximum Gasteiger partial charge on any atom is 0.252 e. The first-order valence-corrected chi connectivity index (χ1v) is 10.1. The summed E-state index contributed by atoms with van der Waals surface area (Å²) in [5, 5.41) is 6.25. The molecule has 2 N–H and O–H groups in total. The molecule has 0 spiro atoms. The number of anilines is 3. The second kappa shape index (κ2) is 9.55. The van der Waals surface area contributed by atoms with E-state index in [4.69, 9.17) is 4.74 Å². The Labute approximate surface area is 167 Å². The molecule has 1 aromatic heterocycles. The number of hydrogen-bond donors (Lipinski definition) is 2. The van der Waals surface area contributed by atoms with E-state index in [1.807, 2.05) is 6.07 Å². The quantitative estimate of drug-likeness (QED) is 0.725. The first-order valence-electron chi connectivity index (χ1n) is 10.1. The molecular formula is C22H30N4O2. The molecule has 0 bridgehead atoms. The number of aryl methyl sites for hydroxylation is 1. The zero-order valence-corrected chi connectivity index (χ0v) is 17.0. The van der Waals surface area contributed by atoms with E-state index < -0.39 is 0 Å². The predicted molar refractivity (Wildman–Crippen MR) is 114 cm³/mol. The van der Waals surface area contributed by atoms with Gasteiger partial charge in [0.05, 0.1) is 11.7 Å². The van der Waals surface area contributed by atoms with Crippen LogP contribution in [0.1, 0.15) is 42.6 Å². The highest BCUT2D eigenvalue weighted by molar-refractivity contribution is 5.94. The van der Waals surface area contributed by atoms with Crippen LogP contribution in [0, 0.1) is 6.92 Å². The van der Waals surface area contributed by atoms with Gasteiger partial charge < -0.3 is 20.3 Å². The molecule has 0 aliphatic carbocycles. The van der Waals surface area contributed by atoms with Gasteiger partial charge >= 0.3 is 0 Å². The summed E-state index contributed by atoms with van der Waals surface area (Å²) >= 11 is 0. The largest absolute Gasteiger partial charge is 0.376 e. The number of aromatic nitrogens is 1. The molecule has 1 aliphatic rings. The molecule has 2 aromatic rings. The fourth-order valence-electron chi connectivity index (χ4n) is 3.43. The second-order valence-corrected chi connectivity index (χ2v) is 7.07. The Balaban J connectivity index is 1.59. The van der Waals surface area contributed by atoms with E-state index in [9.17, 15) is 4.79 Å². The highest BCUT2D eigenvalue weighted by Gasteiger charge is 2.16. The van der Waals surface area contributed by atoms with Crippen LogP contribution in [0.5, 0.6) is 0 Å². The van der Waals surface area contributed by atoms with Crippen LogP contribution in [0.4, 0.5) is 17.2 Å². The minimum Gasteiger partial charge on any atom is -0.376 e. The summed E-state index contributed by atoms with van der Waals surface area (Å²) in [6, 6.07) is 10.0. The Morgan fingerprint density at radius 1 is 1.25 bits per heavy atom. The van der Waals surface area contributed by atoms with Crippen molar-refractivity contribution in [2.24, 2.45) is 0 Å². The zero-order chi connectivity index (χ0) is 19.9. The fraction of sp³-hybridized carbons (Fsp3) is 0.455. The molecule has 150 valence electrons. The van der Waals surface area contributed by atoms with Crippen LogP contribution in [0.2, 0.25) is 0 Å². The summed E-state index contributed by atoms with van der Waals surface area (Å²) in [6.07, 6.45) is 3.82. The average Bonchev–Trinajstić information content (AvgIpc) is 3.23. The van der Waals surface area contributed by atoms with Crippen molar-refractivity contribution in [3.8, 4) is 0 Å². The number of nitrogens with zero attached hydrogens (tertiary/aromatic N) is 2. The molecule has 1 atom stereocenters. The van der Waals surface area contributed by atoms with Crippen molar-refractivity contribution < 1.29 is 9.53 Å². The maximum absolute atomic E-state index is 12.3.